The minimum Gasteiger partial charge on any atom is -0.463 e. The van der Waals surface area contributed by atoms with Crippen molar-refractivity contribution in [1.29, 1.82) is 0 Å². The molecule has 0 aliphatic carbocycles. The van der Waals surface area contributed by atoms with Crippen LogP contribution in [0.5, 0.6) is 0 Å². The minimum atomic E-state index is -0.454. The Morgan fingerprint density at radius 2 is 1.56 bits per heavy atom. The van der Waals surface area contributed by atoms with Crippen LogP contribution in [0.4, 0.5) is 0 Å². The molecule has 0 bridgehead atoms. The molecule has 0 aromatic heterocycles. The highest BCUT2D eigenvalue weighted by Crippen LogP contribution is 2.37. The van der Waals surface area contributed by atoms with E-state index in [-0.39, 0.29) is 48.0 Å². The zero-order valence-corrected chi connectivity index (χ0v) is 18.2. The third-order valence-corrected chi connectivity index (χ3v) is 4.81. The number of hydrogen-bond donors (Lipinski definition) is 1. The maximum atomic E-state index is 12.7. The molecule has 0 aliphatic heterocycles. The second-order valence-electron chi connectivity index (χ2n) is 10.1. The zero-order valence-electron chi connectivity index (χ0n) is 18.2. The highest BCUT2D eigenvalue weighted by Gasteiger charge is 2.36. The smallest absolute Gasteiger partial charge is 0.309 e. The summed E-state index contributed by atoms with van der Waals surface area (Å²) >= 11 is 0. The number of esters is 1. The molecule has 0 heterocycles. The molecule has 0 saturated heterocycles. The molecule has 1 N–H and O–H groups in total. The lowest BCUT2D eigenvalue weighted by molar-refractivity contribution is -0.166. The van der Waals surface area contributed by atoms with Gasteiger partial charge in [-0.2, -0.15) is 0 Å². The van der Waals surface area contributed by atoms with E-state index in [0.29, 0.717) is 0 Å². The van der Waals surface area contributed by atoms with Gasteiger partial charge >= 0.3 is 5.97 Å². The van der Waals surface area contributed by atoms with Crippen molar-refractivity contribution >= 4 is 5.97 Å². The van der Waals surface area contributed by atoms with Crippen LogP contribution in [0.25, 0.3) is 0 Å². The highest BCUT2D eigenvalue weighted by atomic mass is 16.6. The van der Waals surface area contributed by atoms with Crippen molar-refractivity contribution in [1.82, 2.24) is 0 Å². The van der Waals surface area contributed by atoms with Gasteiger partial charge < -0.3 is 14.6 Å². The average Bonchev–Trinajstić information content (AvgIpc) is 2.40. The first-order valence-corrected chi connectivity index (χ1v) is 9.59. The van der Waals surface area contributed by atoms with Crippen molar-refractivity contribution in [2.45, 2.75) is 93.8 Å². The molecule has 4 heteroatoms. The quantitative estimate of drug-likeness (QED) is 0.600. The Morgan fingerprint density at radius 3 is 1.92 bits per heavy atom. The predicted octanol–water partition coefficient (Wildman–Crippen LogP) is 4.83. The van der Waals surface area contributed by atoms with Crippen LogP contribution in [0.2, 0.25) is 0 Å². The van der Waals surface area contributed by atoms with E-state index in [1.54, 1.807) is 0 Å². The van der Waals surface area contributed by atoms with Gasteiger partial charge in [-0.25, -0.2) is 0 Å². The van der Waals surface area contributed by atoms with E-state index in [0.717, 1.165) is 12.8 Å². The Labute approximate surface area is 155 Å². The Kier molecular flexibility index (Phi) is 9.13. The van der Waals surface area contributed by atoms with Crippen molar-refractivity contribution in [2.24, 2.45) is 22.7 Å². The maximum absolute atomic E-state index is 12.7. The summed E-state index contributed by atoms with van der Waals surface area (Å²) in [6.45, 7) is 20.9. The summed E-state index contributed by atoms with van der Waals surface area (Å²) in [5, 5.41) is 9.50. The molecule has 150 valence electrons. The van der Waals surface area contributed by atoms with Crippen molar-refractivity contribution in [3.05, 3.63) is 0 Å². The van der Waals surface area contributed by atoms with Gasteiger partial charge in [0.2, 0.25) is 0 Å². The number of aliphatic hydroxyl groups excluding tert-OH is 1. The van der Waals surface area contributed by atoms with E-state index in [4.69, 9.17) is 9.47 Å². The standard InChI is InChI=1S/C21H42O4/c1-11-16(13-22)21(9,10)25-15(2)14-24-18(23)17(20(6,7)8)12-19(3,4)5/h15-17,22H,11-14H2,1-10H3. The average molecular weight is 359 g/mol. The second-order valence-corrected chi connectivity index (χ2v) is 10.1. The van der Waals surface area contributed by atoms with Gasteiger partial charge in [0, 0.05) is 12.5 Å². The fraction of sp³-hybridized carbons (Fsp3) is 0.952. The summed E-state index contributed by atoms with van der Waals surface area (Å²) in [7, 11) is 0. The van der Waals surface area contributed by atoms with E-state index in [1.807, 2.05) is 27.7 Å². The summed E-state index contributed by atoms with van der Waals surface area (Å²) < 4.78 is 11.7. The van der Waals surface area contributed by atoms with Crippen molar-refractivity contribution in [2.75, 3.05) is 13.2 Å². The Hall–Kier alpha value is -0.610. The first kappa shape index (κ1) is 24.4. The fourth-order valence-corrected chi connectivity index (χ4v) is 3.14. The monoisotopic (exact) mass is 358 g/mol. The largest absolute Gasteiger partial charge is 0.463 e. The molecule has 0 radical (unpaired) electrons. The molecule has 0 aromatic rings. The molecule has 0 saturated carbocycles. The molecule has 25 heavy (non-hydrogen) atoms. The molecular weight excluding hydrogens is 316 g/mol. The summed E-state index contributed by atoms with van der Waals surface area (Å²) in [5.41, 5.74) is -0.529. The van der Waals surface area contributed by atoms with Gasteiger partial charge in [-0.1, -0.05) is 48.5 Å². The molecule has 3 atom stereocenters. The van der Waals surface area contributed by atoms with Crippen molar-refractivity contribution in [3.8, 4) is 0 Å². The van der Waals surface area contributed by atoms with E-state index in [2.05, 4.69) is 41.5 Å². The van der Waals surface area contributed by atoms with Gasteiger partial charge in [0.15, 0.2) is 0 Å². The third-order valence-electron chi connectivity index (χ3n) is 4.81. The molecule has 0 fully saturated rings. The summed E-state index contributed by atoms with van der Waals surface area (Å²) in [6.07, 6.45) is 1.42. The van der Waals surface area contributed by atoms with Gasteiger partial charge in [0.25, 0.3) is 0 Å². The highest BCUT2D eigenvalue weighted by molar-refractivity contribution is 5.73. The van der Waals surface area contributed by atoms with Crippen LogP contribution in [-0.2, 0) is 14.3 Å². The molecule has 0 aromatic carbocycles. The molecule has 0 amide bonds. The number of aliphatic hydroxyl groups is 1. The molecule has 0 rings (SSSR count). The zero-order chi connectivity index (χ0) is 20.1. The first-order chi connectivity index (χ1) is 11.1. The van der Waals surface area contributed by atoms with Crippen LogP contribution in [-0.4, -0.2) is 36.0 Å². The van der Waals surface area contributed by atoms with Gasteiger partial charge in [-0.05, 0) is 44.4 Å². The number of rotatable bonds is 9. The summed E-state index contributed by atoms with van der Waals surface area (Å²) in [4.78, 5) is 12.7. The SMILES string of the molecule is CCC(CO)C(C)(C)OC(C)COC(=O)C(CC(C)(C)C)C(C)(C)C. The van der Waals surface area contributed by atoms with Crippen molar-refractivity contribution in [3.63, 3.8) is 0 Å². The predicted molar refractivity (Wildman–Crippen MR) is 103 cm³/mol. The van der Waals surface area contributed by atoms with E-state index >= 15 is 0 Å². The summed E-state index contributed by atoms with van der Waals surface area (Å²) in [5.74, 6) is -0.229. The van der Waals surface area contributed by atoms with E-state index in [1.165, 1.54) is 0 Å². The van der Waals surface area contributed by atoms with Crippen molar-refractivity contribution < 1.29 is 19.4 Å². The van der Waals surface area contributed by atoms with Gasteiger partial charge in [-0.3, -0.25) is 4.79 Å². The molecule has 3 unspecified atom stereocenters. The number of carbonyl (C=O) groups is 1. The molecule has 4 nitrogen and oxygen atoms in total. The molecule has 0 spiro atoms. The normalized spacial score (nSPS) is 17.1. The van der Waals surface area contributed by atoms with E-state index in [9.17, 15) is 9.90 Å². The van der Waals surface area contributed by atoms with Gasteiger partial charge in [0.05, 0.1) is 17.6 Å². The molecule has 0 aliphatic rings. The Balaban J connectivity index is 4.79. The van der Waals surface area contributed by atoms with Crippen LogP contribution in [0, 0.1) is 22.7 Å². The van der Waals surface area contributed by atoms with Crippen LogP contribution in [0.15, 0.2) is 0 Å². The number of carbonyl (C=O) groups excluding carboxylic acids is 1. The van der Waals surface area contributed by atoms with Gasteiger partial charge in [-0.15, -0.1) is 0 Å². The Morgan fingerprint density at radius 1 is 1.04 bits per heavy atom. The maximum Gasteiger partial charge on any atom is 0.309 e. The van der Waals surface area contributed by atoms with Crippen LogP contribution < -0.4 is 0 Å². The lowest BCUT2D eigenvalue weighted by Crippen LogP contribution is -2.41. The number of ether oxygens (including phenoxy) is 2. The van der Waals surface area contributed by atoms with Crippen LogP contribution in [0.3, 0.4) is 0 Å². The minimum absolute atomic E-state index is 0.0638. The first-order valence-electron chi connectivity index (χ1n) is 9.59. The number of hydrogen-bond acceptors (Lipinski definition) is 4. The summed E-state index contributed by atoms with van der Waals surface area (Å²) in [6, 6.07) is 0. The van der Waals surface area contributed by atoms with Crippen LogP contribution in [0.1, 0.15) is 82.1 Å². The van der Waals surface area contributed by atoms with Gasteiger partial charge in [0.1, 0.15) is 6.61 Å². The van der Waals surface area contributed by atoms with Crippen LogP contribution >= 0.6 is 0 Å². The lowest BCUT2D eigenvalue weighted by atomic mass is 9.72. The lowest BCUT2D eigenvalue weighted by Gasteiger charge is -2.36. The topological polar surface area (TPSA) is 55.8 Å². The molecular formula is C21H42O4. The fourth-order valence-electron chi connectivity index (χ4n) is 3.14. The van der Waals surface area contributed by atoms with E-state index < -0.39 is 5.60 Å². The third kappa shape index (κ3) is 9.05. The Bertz CT molecular complexity index is 397. The second kappa shape index (κ2) is 9.36.